The van der Waals surface area contributed by atoms with Gasteiger partial charge in [0, 0.05) is 17.6 Å². The Kier molecular flexibility index (Phi) is 4.50. The van der Waals surface area contributed by atoms with Crippen LogP contribution < -0.4 is 5.32 Å². The van der Waals surface area contributed by atoms with Gasteiger partial charge in [-0.1, -0.05) is 42.5 Å². The molecule has 0 saturated carbocycles. The predicted molar refractivity (Wildman–Crippen MR) is 107 cm³/mol. The van der Waals surface area contributed by atoms with Gasteiger partial charge in [-0.2, -0.15) is 11.3 Å². The zero-order valence-electron chi connectivity index (χ0n) is 14.4. The van der Waals surface area contributed by atoms with E-state index in [1.807, 2.05) is 49.4 Å². The third-order valence-electron chi connectivity index (χ3n) is 4.39. The minimum atomic E-state index is -0.103. The maximum atomic E-state index is 12.8. The highest BCUT2D eigenvalue weighted by Crippen LogP contribution is 2.26. The number of hydrogen-bond donors (Lipinski definition) is 1. The number of nitrogens with one attached hydrogen (secondary N) is 1. The average molecular weight is 358 g/mol. The van der Waals surface area contributed by atoms with E-state index in [1.165, 1.54) is 5.56 Å². The molecule has 0 atom stereocenters. The predicted octanol–water partition coefficient (Wildman–Crippen LogP) is 5.20. The van der Waals surface area contributed by atoms with Gasteiger partial charge in [0.05, 0.1) is 11.1 Å². The number of carbonyl (C=O) groups is 1. The zero-order chi connectivity index (χ0) is 17.9. The van der Waals surface area contributed by atoms with E-state index in [-0.39, 0.29) is 5.91 Å². The monoisotopic (exact) mass is 358 g/mol. The molecule has 4 heteroatoms. The minimum absolute atomic E-state index is 0.103. The second-order valence-corrected chi connectivity index (χ2v) is 6.96. The topological polar surface area (TPSA) is 42.0 Å². The highest BCUT2D eigenvalue weighted by molar-refractivity contribution is 7.08. The molecule has 0 saturated heterocycles. The van der Waals surface area contributed by atoms with Crippen molar-refractivity contribution in [2.45, 2.75) is 13.5 Å². The lowest BCUT2D eigenvalue weighted by Gasteiger charge is -2.11. The fraction of sp³-hybridized carbons (Fsp3) is 0.0909. The van der Waals surface area contributed by atoms with E-state index in [9.17, 15) is 4.79 Å². The molecule has 1 amide bonds. The molecule has 4 rings (SSSR count). The summed E-state index contributed by atoms with van der Waals surface area (Å²) in [5.74, 6) is -0.103. The van der Waals surface area contributed by atoms with Crippen LogP contribution in [-0.2, 0) is 6.54 Å². The van der Waals surface area contributed by atoms with Crippen LogP contribution in [0.25, 0.3) is 22.0 Å². The Morgan fingerprint density at radius 3 is 2.77 bits per heavy atom. The smallest absolute Gasteiger partial charge is 0.253 e. The number of aryl methyl sites for hydroxylation is 1. The van der Waals surface area contributed by atoms with Crippen molar-refractivity contribution in [1.82, 2.24) is 10.3 Å². The summed E-state index contributed by atoms with van der Waals surface area (Å²) >= 11 is 1.67. The lowest BCUT2D eigenvalue weighted by Crippen LogP contribution is -2.23. The summed E-state index contributed by atoms with van der Waals surface area (Å²) in [5.41, 5.74) is 5.70. The number of fused-ring (bicyclic) bond motifs is 1. The first-order chi connectivity index (χ1) is 12.7. The number of hydrogen-bond acceptors (Lipinski definition) is 3. The second-order valence-electron chi connectivity index (χ2n) is 6.18. The summed E-state index contributed by atoms with van der Waals surface area (Å²) in [6.07, 6.45) is 0. The number of pyridine rings is 1. The molecule has 0 fully saturated rings. The van der Waals surface area contributed by atoms with Crippen molar-refractivity contribution >= 4 is 28.1 Å². The maximum Gasteiger partial charge on any atom is 0.253 e. The Bertz CT molecular complexity index is 1070. The van der Waals surface area contributed by atoms with Gasteiger partial charge in [0.1, 0.15) is 0 Å². The number of aromatic nitrogens is 1. The number of rotatable bonds is 4. The van der Waals surface area contributed by atoms with Crippen LogP contribution >= 0.6 is 11.3 Å². The Labute approximate surface area is 156 Å². The van der Waals surface area contributed by atoms with E-state index >= 15 is 0 Å². The van der Waals surface area contributed by atoms with Gasteiger partial charge in [0.15, 0.2) is 0 Å². The molecule has 2 aromatic carbocycles. The summed E-state index contributed by atoms with van der Waals surface area (Å²) in [7, 11) is 0. The Morgan fingerprint density at radius 1 is 1.04 bits per heavy atom. The lowest BCUT2D eigenvalue weighted by molar-refractivity contribution is 0.0952. The van der Waals surface area contributed by atoms with E-state index in [2.05, 4.69) is 39.3 Å². The first-order valence-corrected chi connectivity index (χ1v) is 9.42. The number of nitrogens with zero attached hydrogens (tertiary/aromatic N) is 1. The van der Waals surface area contributed by atoms with Crippen molar-refractivity contribution in [2.24, 2.45) is 0 Å². The van der Waals surface area contributed by atoms with Crippen molar-refractivity contribution in [3.8, 4) is 11.1 Å². The van der Waals surface area contributed by atoms with Crippen LogP contribution in [-0.4, -0.2) is 10.9 Å². The Hall–Kier alpha value is -2.98. The van der Waals surface area contributed by atoms with Crippen LogP contribution in [0.4, 0.5) is 0 Å². The van der Waals surface area contributed by atoms with E-state index in [0.717, 1.165) is 27.7 Å². The van der Waals surface area contributed by atoms with Crippen LogP contribution in [0.15, 0.2) is 71.4 Å². The van der Waals surface area contributed by atoms with E-state index in [4.69, 9.17) is 0 Å². The average Bonchev–Trinajstić information content (AvgIpc) is 3.20. The molecule has 0 aliphatic heterocycles. The lowest BCUT2D eigenvalue weighted by atomic mass is 10.0. The fourth-order valence-electron chi connectivity index (χ4n) is 3.07. The summed E-state index contributed by atoms with van der Waals surface area (Å²) in [5, 5.41) is 8.22. The van der Waals surface area contributed by atoms with Gasteiger partial charge in [0.2, 0.25) is 0 Å². The Balaban J connectivity index is 1.60. The molecule has 0 unspecified atom stereocenters. The molecule has 0 aliphatic carbocycles. The number of benzene rings is 2. The van der Waals surface area contributed by atoms with Crippen molar-refractivity contribution in [2.75, 3.05) is 0 Å². The largest absolute Gasteiger partial charge is 0.348 e. The summed E-state index contributed by atoms with van der Waals surface area (Å²) < 4.78 is 0. The molecule has 0 radical (unpaired) electrons. The quantitative estimate of drug-likeness (QED) is 0.545. The SMILES string of the molecule is Cc1ccc2cccc(C(=O)NCc3ccccc3-c3ccsc3)c2n1. The minimum Gasteiger partial charge on any atom is -0.348 e. The molecule has 1 N–H and O–H groups in total. The van der Waals surface area contributed by atoms with Gasteiger partial charge in [0.25, 0.3) is 5.91 Å². The van der Waals surface area contributed by atoms with Crippen LogP contribution in [0.3, 0.4) is 0 Å². The zero-order valence-corrected chi connectivity index (χ0v) is 15.2. The summed E-state index contributed by atoms with van der Waals surface area (Å²) in [4.78, 5) is 17.3. The third-order valence-corrected chi connectivity index (χ3v) is 5.08. The van der Waals surface area contributed by atoms with E-state index < -0.39 is 0 Å². The molecule has 128 valence electrons. The molecule has 2 aromatic heterocycles. The first kappa shape index (κ1) is 16.5. The van der Waals surface area contributed by atoms with Gasteiger partial charge in [-0.05, 0) is 52.6 Å². The first-order valence-electron chi connectivity index (χ1n) is 8.47. The standard InChI is InChI=1S/C22H18N2OS/c1-15-9-10-16-6-4-8-20(21(16)24-15)22(25)23-13-17-5-2-3-7-19(17)18-11-12-26-14-18/h2-12,14H,13H2,1H3,(H,23,25). The second kappa shape index (κ2) is 7.10. The molecule has 3 nitrogen and oxygen atoms in total. The normalized spacial score (nSPS) is 10.8. The van der Waals surface area contributed by atoms with Crippen molar-refractivity contribution < 1.29 is 4.79 Å². The van der Waals surface area contributed by atoms with Crippen LogP contribution in [0.2, 0.25) is 0 Å². The van der Waals surface area contributed by atoms with Crippen LogP contribution in [0, 0.1) is 6.92 Å². The highest BCUT2D eigenvalue weighted by Gasteiger charge is 2.12. The molecule has 0 aliphatic rings. The number of amides is 1. The maximum absolute atomic E-state index is 12.8. The molecule has 4 aromatic rings. The van der Waals surface area contributed by atoms with Gasteiger partial charge in [-0.15, -0.1) is 0 Å². The Morgan fingerprint density at radius 2 is 1.92 bits per heavy atom. The van der Waals surface area contributed by atoms with Crippen molar-refractivity contribution in [3.63, 3.8) is 0 Å². The molecule has 26 heavy (non-hydrogen) atoms. The number of thiophene rings is 1. The molecule has 2 heterocycles. The van der Waals surface area contributed by atoms with Crippen LogP contribution in [0.1, 0.15) is 21.6 Å². The molecule has 0 bridgehead atoms. The van der Waals surface area contributed by atoms with Crippen LogP contribution in [0.5, 0.6) is 0 Å². The van der Waals surface area contributed by atoms with E-state index in [1.54, 1.807) is 11.3 Å². The van der Waals surface area contributed by atoms with Gasteiger partial charge in [-0.25, -0.2) is 0 Å². The van der Waals surface area contributed by atoms with Crippen molar-refractivity contribution in [1.29, 1.82) is 0 Å². The van der Waals surface area contributed by atoms with Gasteiger partial charge in [-0.3, -0.25) is 9.78 Å². The van der Waals surface area contributed by atoms with Crippen molar-refractivity contribution in [3.05, 3.63) is 88.2 Å². The fourth-order valence-corrected chi connectivity index (χ4v) is 3.73. The third kappa shape index (κ3) is 3.24. The van der Waals surface area contributed by atoms with Gasteiger partial charge < -0.3 is 5.32 Å². The van der Waals surface area contributed by atoms with Gasteiger partial charge >= 0.3 is 0 Å². The highest BCUT2D eigenvalue weighted by atomic mass is 32.1. The molecular formula is C22H18N2OS. The molecule has 0 spiro atoms. The summed E-state index contributed by atoms with van der Waals surface area (Å²) in [6, 6.07) is 19.9. The summed E-state index contributed by atoms with van der Waals surface area (Å²) in [6.45, 7) is 2.41. The number of carbonyl (C=O) groups excluding carboxylic acids is 1. The van der Waals surface area contributed by atoms with E-state index in [0.29, 0.717) is 12.1 Å². The molecular weight excluding hydrogens is 340 g/mol. The number of para-hydroxylation sites is 1.